The number of nitrogens with two attached hydrogens (primary N) is 1. The summed E-state index contributed by atoms with van der Waals surface area (Å²) < 4.78 is 0. The first-order valence-electron chi connectivity index (χ1n) is 22.7. The molecule has 26 heteroatoms. The number of carboxylic acid groups (broad SMARTS) is 4. The normalized spacial score (nSPS) is 14.3. The van der Waals surface area contributed by atoms with E-state index in [1.165, 1.54) is 12.1 Å². The van der Waals surface area contributed by atoms with Crippen molar-refractivity contribution >= 4 is 70.9 Å². The van der Waals surface area contributed by atoms with Crippen LogP contribution in [0.15, 0.2) is 54.6 Å². The molecule has 0 bridgehead atoms. The molecule has 26 nitrogen and oxygen atoms in total. The first kappa shape index (κ1) is 60.1. The molecule has 13 N–H and O–H groups in total. The Bertz CT molecular complexity index is 2290. The molecule has 7 amide bonds. The minimum Gasteiger partial charge on any atom is -0.481 e. The molecule has 0 saturated heterocycles. The van der Waals surface area contributed by atoms with Crippen LogP contribution >= 0.6 is 0 Å². The van der Waals surface area contributed by atoms with Gasteiger partial charge in [-0.15, -0.1) is 0 Å². The van der Waals surface area contributed by atoms with Crippen LogP contribution in [0.5, 0.6) is 0 Å². The van der Waals surface area contributed by atoms with E-state index >= 15 is 0 Å². The lowest BCUT2D eigenvalue weighted by Crippen LogP contribution is -2.61. The molecule has 2 aromatic rings. The smallest absolute Gasteiger partial charge is 0.326 e. The van der Waals surface area contributed by atoms with Gasteiger partial charge in [-0.1, -0.05) is 70.2 Å². The number of benzene rings is 2. The van der Waals surface area contributed by atoms with Gasteiger partial charge in [-0.2, -0.15) is 0 Å². The second-order valence-electron chi connectivity index (χ2n) is 17.6. The number of hydrogen-bond donors (Lipinski definition) is 12. The highest BCUT2D eigenvalue weighted by molar-refractivity contribution is 5.98. The van der Waals surface area contributed by atoms with Gasteiger partial charge in [0.1, 0.15) is 42.3 Å². The molecular weight excluding hydrogens is 951 g/mol. The number of amides is 7. The number of hydrogen-bond acceptors (Lipinski definition) is 14. The van der Waals surface area contributed by atoms with Crippen molar-refractivity contribution in [2.24, 2.45) is 17.6 Å². The van der Waals surface area contributed by atoms with Crippen molar-refractivity contribution in [3.63, 3.8) is 0 Å². The molecule has 0 unspecified atom stereocenters. The molecule has 0 aliphatic heterocycles. The number of nitro groups is 1. The van der Waals surface area contributed by atoms with Crippen molar-refractivity contribution in [1.82, 2.24) is 37.2 Å². The van der Waals surface area contributed by atoms with E-state index in [1.54, 1.807) is 58.0 Å². The van der Waals surface area contributed by atoms with Gasteiger partial charge in [0.2, 0.25) is 41.4 Å². The molecule has 0 spiro atoms. The number of non-ortho nitro benzene ring substituents is 1. The molecule has 0 radical (unpaired) electrons. The van der Waals surface area contributed by atoms with Crippen LogP contribution in [0.2, 0.25) is 0 Å². The largest absolute Gasteiger partial charge is 0.481 e. The van der Waals surface area contributed by atoms with E-state index in [-0.39, 0.29) is 30.7 Å². The Hall–Kier alpha value is -8.03. The van der Waals surface area contributed by atoms with Crippen LogP contribution in [-0.2, 0) is 65.6 Å². The third-order valence-corrected chi connectivity index (χ3v) is 10.7. The lowest BCUT2D eigenvalue weighted by atomic mass is 9.98. The number of carbonyl (C=O) groups is 11. The van der Waals surface area contributed by atoms with E-state index in [0.29, 0.717) is 5.56 Å². The van der Waals surface area contributed by atoms with Gasteiger partial charge < -0.3 is 63.4 Å². The summed E-state index contributed by atoms with van der Waals surface area (Å²) in [6.07, 6.45) is -3.71. The van der Waals surface area contributed by atoms with Crippen molar-refractivity contribution in [3.05, 3.63) is 75.8 Å². The lowest BCUT2D eigenvalue weighted by Gasteiger charge is -2.28. The maximum absolute atomic E-state index is 14.1. The first-order chi connectivity index (χ1) is 33.7. The van der Waals surface area contributed by atoms with Crippen molar-refractivity contribution < 1.29 is 78.1 Å². The van der Waals surface area contributed by atoms with Crippen LogP contribution in [0.3, 0.4) is 0 Å². The predicted molar refractivity (Wildman–Crippen MR) is 252 cm³/mol. The van der Waals surface area contributed by atoms with E-state index in [9.17, 15) is 78.2 Å². The molecule has 0 fully saturated rings. The standard InChI is InChI=1S/C46H63N9O17/c1-23(2)18-31(52-45(68)38(24(3)4)54-40(63)29(47)14-16-35(56)57)43(66)50-32(21-27-12-9-13-28(19-27)55(71)72)44(67)51-33(22-37(60)61)42(65)48-25(5)39(62)49-30(15-17-36(58)59)41(64)53-34(46(69)70)20-26-10-7-6-8-11-26/h6-13,19,23-25,29-34,38H,14-18,20-22,47H2,1-5H3,(H,48,65)(H,49,62)(H,50,66)(H,51,67)(H,52,68)(H,53,64)(H,54,63)(H,56,57)(H,58,59)(H,60,61)(H,69,70)/t25-,29-,30-,31-,32-,33-,34-,38-/m0/s1. The molecule has 2 rings (SSSR count). The summed E-state index contributed by atoms with van der Waals surface area (Å²) in [6, 6.07) is 0.589. The highest BCUT2D eigenvalue weighted by atomic mass is 16.6. The molecule has 0 saturated carbocycles. The van der Waals surface area contributed by atoms with Crippen LogP contribution in [0, 0.1) is 22.0 Å². The molecule has 394 valence electrons. The predicted octanol–water partition coefficient (Wildman–Crippen LogP) is -0.888. The summed E-state index contributed by atoms with van der Waals surface area (Å²) in [5.41, 5.74) is 6.08. The molecule has 8 atom stereocenters. The van der Waals surface area contributed by atoms with Crippen molar-refractivity contribution in [1.29, 1.82) is 0 Å². The van der Waals surface area contributed by atoms with Crippen LogP contribution in [0.1, 0.15) is 84.3 Å². The van der Waals surface area contributed by atoms with Gasteiger partial charge in [-0.05, 0) is 49.1 Å². The van der Waals surface area contributed by atoms with Crippen LogP contribution in [-0.4, -0.2) is 139 Å². The van der Waals surface area contributed by atoms with Crippen molar-refractivity contribution in [3.8, 4) is 0 Å². The van der Waals surface area contributed by atoms with E-state index in [0.717, 1.165) is 19.1 Å². The van der Waals surface area contributed by atoms with Crippen LogP contribution < -0.4 is 43.0 Å². The second kappa shape index (κ2) is 29.2. The van der Waals surface area contributed by atoms with Crippen molar-refractivity contribution in [2.75, 3.05) is 0 Å². The number of nitrogens with one attached hydrogen (secondary N) is 7. The molecule has 0 aliphatic rings. The zero-order valence-electron chi connectivity index (χ0n) is 40.2. The lowest BCUT2D eigenvalue weighted by molar-refractivity contribution is -0.384. The summed E-state index contributed by atoms with van der Waals surface area (Å²) in [5.74, 6) is -13.9. The fourth-order valence-electron chi connectivity index (χ4n) is 6.88. The summed E-state index contributed by atoms with van der Waals surface area (Å²) >= 11 is 0. The molecule has 0 aliphatic carbocycles. The fraction of sp³-hybridized carbons (Fsp3) is 0.500. The maximum Gasteiger partial charge on any atom is 0.326 e. The molecular formula is C46H63N9O17. The van der Waals surface area contributed by atoms with E-state index in [4.69, 9.17) is 10.8 Å². The third-order valence-electron chi connectivity index (χ3n) is 10.7. The highest BCUT2D eigenvalue weighted by Crippen LogP contribution is 2.16. The molecule has 2 aromatic carbocycles. The van der Waals surface area contributed by atoms with Crippen LogP contribution in [0.25, 0.3) is 0 Å². The van der Waals surface area contributed by atoms with Gasteiger partial charge in [0.05, 0.1) is 17.4 Å². The maximum atomic E-state index is 14.1. The minimum atomic E-state index is -1.99. The summed E-state index contributed by atoms with van der Waals surface area (Å²) in [4.78, 5) is 153. The summed E-state index contributed by atoms with van der Waals surface area (Å²) in [7, 11) is 0. The Labute approximate surface area is 413 Å². The SMILES string of the molecule is CC(C)C[C@H](NC(=O)[C@@H](NC(=O)[C@@H](N)CCC(=O)O)C(C)C)C(=O)N[C@@H](Cc1cccc([N+](=O)[O-])c1)C(=O)N[C@@H](CC(=O)O)C(=O)N[C@@H](C)C(=O)N[C@@H](CCC(=O)O)C(=O)N[C@@H](Cc1ccccc1)C(=O)O. The number of aliphatic carboxylic acids is 4. The number of carboxylic acids is 4. The minimum absolute atomic E-state index is 0.0593. The number of rotatable bonds is 31. The topological polar surface area (TPSA) is 422 Å². The van der Waals surface area contributed by atoms with Gasteiger partial charge >= 0.3 is 23.9 Å². The number of nitro benzene ring substituents is 1. The van der Waals surface area contributed by atoms with E-state index in [2.05, 4.69) is 37.2 Å². The van der Waals surface area contributed by atoms with E-state index < -0.39 is 162 Å². The monoisotopic (exact) mass is 1010 g/mol. The Morgan fingerprint density at radius 2 is 1.04 bits per heavy atom. The average Bonchev–Trinajstić information content (AvgIpc) is 3.29. The highest BCUT2D eigenvalue weighted by Gasteiger charge is 2.35. The van der Waals surface area contributed by atoms with Gasteiger partial charge in [-0.3, -0.25) is 58.1 Å². The average molecular weight is 1010 g/mol. The van der Waals surface area contributed by atoms with Crippen molar-refractivity contribution in [2.45, 2.75) is 134 Å². The van der Waals surface area contributed by atoms with Gasteiger partial charge in [-0.25, -0.2) is 4.79 Å². The number of carbonyl (C=O) groups excluding carboxylic acids is 7. The Morgan fingerprint density at radius 1 is 0.542 bits per heavy atom. The Kier molecular flexibility index (Phi) is 24.4. The Balaban J connectivity index is 2.41. The zero-order chi connectivity index (χ0) is 54.4. The van der Waals surface area contributed by atoms with E-state index in [1.807, 2.05) is 0 Å². The molecule has 0 heterocycles. The fourth-order valence-corrected chi connectivity index (χ4v) is 6.88. The third kappa shape index (κ3) is 21.3. The second-order valence-corrected chi connectivity index (χ2v) is 17.6. The number of nitrogens with zero attached hydrogens (tertiary/aromatic N) is 1. The van der Waals surface area contributed by atoms with Crippen LogP contribution in [0.4, 0.5) is 5.69 Å². The van der Waals surface area contributed by atoms with Gasteiger partial charge in [0, 0.05) is 37.8 Å². The zero-order valence-corrected chi connectivity index (χ0v) is 40.2. The summed E-state index contributed by atoms with van der Waals surface area (Å²) in [6.45, 7) is 7.66. The quantitative estimate of drug-likeness (QED) is 0.0322. The van der Waals surface area contributed by atoms with Gasteiger partial charge in [0.25, 0.3) is 5.69 Å². The Morgan fingerprint density at radius 3 is 1.60 bits per heavy atom. The summed E-state index contributed by atoms with van der Waals surface area (Å²) in [5, 5.41) is 65.9. The first-order valence-corrected chi connectivity index (χ1v) is 22.7. The molecule has 72 heavy (non-hydrogen) atoms. The molecule has 0 aromatic heterocycles. The van der Waals surface area contributed by atoms with Gasteiger partial charge in [0.15, 0.2) is 0 Å².